The SMILES string of the molecule is CCC(Nc1ccccc1C(C)C)c1cccc(Br)c1. The van der Waals surface area contributed by atoms with Gasteiger partial charge in [0.05, 0.1) is 6.04 Å². The van der Waals surface area contributed by atoms with E-state index >= 15 is 0 Å². The Labute approximate surface area is 130 Å². The minimum Gasteiger partial charge on any atom is -0.378 e. The summed E-state index contributed by atoms with van der Waals surface area (Å²) in [6.45, 7) is 6.69. The second-order valence-corrected chi connectivity index (χ2v) is 6.32. The molecule has 0 spiro atoms. The van der Waals surface area contributed by atoms with Crippen molar-refractivity contribution in [2.75, 3.05) is 5.32 Å². The molecule has 0 aliphatic rings. The molecule has 0 heterocycles. The van der Waals surface area contributed by atoms with E-state index in [4.69, 9.17) is 0 Å². The summed E-state index contributed by atoms with van der Waals surface area (Å²) in [5.74, 6) is 0.527. The van der Waals surface area contributed by atoms with Gasteiger partial charge in [-0.15, -0.1) is 0 Å². The molecule has 106 valence electrons. The second-order valence-electron chi connectivity index (χ2n) is 5.40. The third-order valence-electron chi connectivity index (χ3n) is 3.57. The molecular weight excluding hydrogens is 310 g/mol. The van der Waals surface area contributed by atoms with E-state index in [-0.39, 0.29) is 0 Å². The lowest BCUT2D eigenvalue weighted by molar-refractivity contribution is 0.743. The van der Waals surface area contributed by atoms with Gasteiger partial charge in [-0.05, 0) is 41.7 Å². The van der Waals surface area contributed by atoms with Crippen molar-refractivity contribution < 1.29 is 0 Å². The fourth-order valence-corrected chi connectivity index (χ4v) is 2.88. The topological polar surface area (TPSA) is 12.0 Å². The van der Waals surface area contributed by atoms with Crippen LogP contribution in [-0.4, -0.2) is 0 Å². The van der Waals surface area contributed by atoms with Crippen molar-refractivity contribution in [1.29, 1.82) is 0 Å². The Kier molecular flexibility index (Phi) is 5.24. The fraction of sp³-hybridized carbons (Fsp3) is 0.333. The first-order valence-electron chi connectivity index (χ1n) is 7.22. The number of nitrogens with one attached hydrogen (secondary N) is 1. The highest BCUT2D eigenvalue weighted by atomic mass is 79.9. The number of anilines is 1. The monoisotopic (exact) mass is 331 g/mol. The van der Waals surface area contributed by atoms with Crippen LogP contribution in [0.3, 0.4) is 0 Å². The molecule has 0 bridgehead atoms. The number of para-hydroxylation sites is 1. The van der Waals surface area contributed by atoms with Crippen LogP contribution in [0.1, 0.15) is 50.3 Å². The summed E-state index contributed by atoms with van der Waals surface area (Å²) in [5.41, 5.74) is 3.94. The van der Waals surface area contributed by atoms with E-state index in [1.807, 2.05) is 0 Å². The first kappa shape index (κ1) is 15.1. The first-order chi connectivity index (χ1) is 9.61. The zero-order valence-electron chi connectivity index (χ0n) is 12.4. The Hall–Kier alpha value is -1.28. The fourth-order valence-electron chi connectivity index (χ4n) is 2.46. The van der Waals surface area contributed by atoms with Crippen molar-refractivity contribution in [1.82, 2.24) is 0 Å². The molecule has 0 aromatic heterocycles. The largest absolute Gasteiger partial charge is 0.378 e. The van der Waals surface area contributed by atoms with E-state index in [0.717, 1.165) is 10.9 Å². The summed E-state index contributed by atoms with van der Waals surface area (Å²) in [6.07, 6.45) is 1.06. The molecule has 2 aromatic carbocycles. The van der Waals surface area contributed by atoms with Gasteiger partial charge in [-0.2, -0.15) is 0 Å². The van der Waals surface area contributed by atoms with Crippen LogP contribution in [0, 0.1) is 0 Å². The third kappa shape index (κ3) is 3.63. The molecule has 0 radical (unpaired) electrons. The van der Waals surface area contributed by atoms with Crippen LogP contribution in [-0.2, 0) is 0 Å². The molecular formula is C18H22BrN. The Morgan fingerprint density at radius 3 is 2.45 bits per heavy atom. The predicted molar refractivity (Wildman–Crippen MR) is 91.3 cm³/mol. The lowest BCUT2D eigenvalue weighted by atomic mass is 9.99. The zero-order chi connectivity index (χ0) is 14.5. The Balaban J connectivity index is 2.27. The van der Waals surface area contributed by atoms with Gasteiger partial charge in [0.25, 0.3) is 0 Å². The number of halogens is 1. The molecule has 0 aliphatic heterocycles. The van der Waals surface area contributed by atoms with Crippen molar-refractivity contribution in [3.63, 3.8) is 0 Å². The average molecular weight is 332 g/mol. The van der Waals surface area contributed by atoms with Gasteiger partial charge in [-0.3, -0.25) is 0 Å². The molecule has 20 heavy (non-hydrogen) atoms. The molecule has 2 heteroatoms. The molecule has 1 nitrogen and oxygen atoms in total. The summed E-state index contributed by atoms with van der Waals surface area (Å²) < 4.78 is 1.13. The maximum absolute atomic E-state index is 3.70. The number of rotatable bonds is 5. The van der Waals surface area contributed by atoms with Crippen molar-refractivity contribution in [2.45, 2.75) is 39.2 Å². The normalized spacial score (nSPS) is 12.4. The first-order valence-corrected chi connectivity index (χ1v) is 8.02. The maximum atomic E-state index is 3.70. The molecule has 0 saturated carbocycles. The summed E-state index contributed by atoms with van der Waals surface area (Å²) in [4.78, 5) is 0. The minimum absolute atomic E-state index is 0.340. The molecule has 0 aliphatic carbocycles. The molecule has 0 saturated heterocycles. The van der Waals surface area contributed by atoms with Gasteiger partial charge in [-0.1, -0.05) is 67.0 Å². The van der Waals surface area contributed by atoms with Gasteiger partial charge < -0.3 is 5.32 Å². The molecule has 1 atom stereocenters. The van der Waals surface area contributed by atoms with Crippen molar-refractivity contribution >= 4 is 21.6 Å². The molecule has 0 fully saturated rings. The predicted octanol–water partition coefficient (Wildman–Crippen LogP) is 6.14. The average Bonchev–Trinajstić information content (AvgIpc) is 2.45. The van der Waals surface area contributed by atoms with Gasteiger partial charge in [-0.25, -0.2) is 0 Å². The van der Waals surface area contributed by atoms with Crippen LogP contribution in [0.4, 0.5) is 5.69 Å². The van der Waals surface area contributed by atoms with Crippen LogP contribution in [0.25, 0.3) is 0 Å². The second kappa shape index (κ2) is 6.94. The van der Waals surface area contributed by atoms with Crippen LogP contribution < -0.4 is 5.32 Å². The van der Waals surface area contributed by atoms with E-state index in [1.54, 1.807) is 0 Å². The van der Waals surface area contributed by atoms with E-state index in [9.17, 15) is 0 Å². The standard InChI is InChI=1S/C18H22BrN/c1-4-17(14-8-7-9-15(19)12-14)20-18-11-6-5-10-16(18)13(2)3/h5-13,17,20H,4H2,1-3H3. The third-order valence-corrected chi connectivity index (χ3v) is 4.07. The summed E-state index contributed by atoms with van der Waals surface area (Å²) in [7, 11) is 0. The number of benzene rings is 2. The molecule has 2 rings (SSSR count). The highest BCUT2D eigenvalue weighted by Gasteiger charge is 2.12. The Bertz CT molecular complexity index is 563. The highest BCUT2D eigenvalue weighted by molar-refractivity contribution is 9.10. The van der Waals surface area contributed by atoms with E-state index in [0.29, 0.717) is 12.0 Å². The zero-order valence-corrected chi connectivity index (χ0v) is 13.9. The van der Waals surface area contributed by atoms with E-state index in [2.05, 4.69) is 90.5 Å². The van der Waals surface area contributed by atoms with Crippen LogP contribution in [0.2, 0.25) is 0 Å². The lowest BCUT2D eigenvalue weighted by Gasteiger charge is -2.22. The highest BCUT2D eigenvalue weighted by Crippen LogP contribution is 2.29. The number of hydrogen-bond acceptors (Lipinski definition) is 1. The van der Waals surface area contributed by atoms with Crippen molar-refractivity contribution in [3.05, 3.63) is 64.1 Å². The van der Waals surface area contributed by atoms with E-state index < -0.39 is 0 Å². The van der Waals surface area contributed by atoms with Crippen molar-refractivity contribution in [2.24, 2.45) is 0 Å². The Morgan fingerprint density at radius 2 is 1.80 bits per heavy atom. The van der Waals surface area contributed by atoms with Gasteiger partial charge in [0.15, 0.2) is 0 Å². The molecule has 1 N–H and O–H groups in total. The quantitative estimate of drug-likeness (QED) is 0.694. The molecule has 1 unspecified atom stereocenters. The lowest BCUT2D eigenvalue weighted by Crippen LogP contribution is -2.11. The number of hydrogen-bond donors (Lipinski definition) is 1. The van der Waals surface area contributed by atoms with Crippen LogP contribution >= 0.6 is 15.9 Å². The van der Waals surface area contributed by atoms with Gasteiger partial charge in [0.1, 0.15) is 0 Å². The minimum atomic E-state index is 0.340. The summed E-state index contributed by atoms with van der Waals surface area (Å²) in [6, 6.07) is 17.5. The van der Waals surface area contributed by atoms with Gasteiger partial charge >= 0.3 is 0 Å². The van der Waals surface area contributed by atoms with Crippen LogP contribution in [0.5, 0.6) is 0 Å². The van der Waals surface area contributed by atoms with Crippen LogP contribution in [0.15, 0.2) is 53.0 Å². The Morgan fingerprint density at radius 1 is 1.05 bits per heavy atom. The van der Waals surface area contributed by atoms with Gasteiger partial charge in [0, 0.05) is 10.2 Å². The van der Waals surface area contributed by atoms with E-state index in [1.165, 1.54) is 16.8 Å². The van der Waals surface area contributed by atoms with Crippen molar-refractivity contribution in [3.8, 4) is 0 Å². The summed E-state index contributed by atoms with van der Waals surface area (Å²) in [5, 5.41) is 3.70. The maximum Gasteiger partial charge on any atom is 0.0511 e. The smallest absolute Gasteiger partial charge is 0.0511 e. The molecule has 0 amide bonds. The van der Waals surface area contributed by atoms with Gasteiger partial charge in [0.2, 0.25) is 0 Å². The summed E-state index contributed by atoms with van der Waals surface area (Å²) >= 11 is 3.55. The molecule has 2 aromatic rings.